The predicted molar refractivity (Wildman–Crippen MR) is 120 cm³/mol. The Hall–Kier alpha value is -2.28. The van der Waals surface area contributed by atoms with Gasteiger partial charge in [0.05, 0.1) is 22.6 Å². The highest BCUT2D eigenvalue weighted by molar-refractivity contribution is 7.13. The molecule has 0 atom stereocenters. The van der Waals surface area contributed by atoms with Crippen molar-refractivity contribution in [1.29, 1.82) is 0 Å². The second-order valence-corrected chi connectivity index (χ2v) is 9.54. The maximum atomic E-state index is 6.25. The summed E-state index contributed by atoms with van der Waals surface area (Å²) in [6.07, 6.45) is 4.52. The van der Waals surface area contributed by atoms with E-state index in [0.717, 1.165) is 61.1 Å². The molecule has 4 aromatic rings. The van der Waals surface area contributed by atoms with Gasteiger partial charge in [-0.15, -0.1) is 10.2 Å². The Balaban J connectivity index is 1.29. The Kier molecular flexibility index (Phi) is 4.59. The topological polar surface area (TPSA) is 55.6 Å². The summed E-state index contributed by atoms with van der Waals surface area (Å²) in [6.45, 7) is 1.52. The summed E-state index contributed by atoms with van der Waals surface area (Å²) in [6, 6.07) is 14.7. The van der Waals surface area contributed by atoms with Crippen molar-refractivity contribution in [2.45, 2.75) is 50.6 Å². The molecule has 0 bridgehead atoms. The largest absolute Gasteiger partial charge is 0.306 e. The quantitative estimate of drug-likeness (QED) is 0.447. The molecule has 0 spiro atoms. The van der Waals surface area contributed by atoms with Crippen molar-refractivity contribution < 1.29 is 0 Å². The van der Waals surface area contributed by atoms with E-state index >= 15 is 0 Å². The molecule has 2 aromatic carbocycles. The molecule has 1 saturated carbocycles. The van der Waals surface area contributed by atoms with Gasteiger partial charge in [0.15, 0.2) is 5.82 Å². The van der Waals surface area contributed by atoms with E-state index < -0.39 is 0 Å². The van der Waals surface area contributed by atoms with Crippen molar-refractivity contribution in [1.82, 2.24) is 24.5 Å². The molecule has 7 heteroatoms. The van der Waals surface area contributed by atoms with Crippen molar-refractivity contribution in [2.24, 2.45) is 0 Å². The van der Waals surface area contributed by atoms with Crippen molar-refractivity contribution in [3.05, 3.63) is 70.4 Å². The van der Waals surface area contributed by atoms with Crippen LogP contribution in [0.4, 0.5) is 0 Å². The highest BCUT2D eigenvalue weighted by atomic mass is 35.5. The molecule has 152 valence electrons. The van der Waals surface area contributed by atoms with Crippen LogP contribution in [0.15, 0.2) is 42.5 Å². The SMILES string of the molecule is Clc1ccc2c(c1)CNCc1nnc(C3CCC(c4nsc5ccccc45)CC3)n1-2. The molecule has 0 amide bonds. The van der Waals surface area contributed by atoms with Gasteiger partial charge in [0.25, 0.3) is 0 Å². The van der Waals surface area contributed by atoms with Crippen molar-refractivity contribution in [2.75, 3.05) is 0 Å². The first-order chi connectivity index (χ1) is 14.8. The van der Waals surface area contributed by atoms with Crippen molar-refractivity contribution in [3.63, 3.8) is 0 Å². The highest BCUT2D eigenvalue weighted by Gasteiger charge is 2.31. The third-order valence-electron chi connectivity index (χ3n) is 6.52. The number of hydrogen-bond acceptors (Lipinski definition) is 5. The number of hydrogen-bond donors (Lipinski definition) is 1. The van der Waals surface area contributed by atoms with Gasteiger partial charge < -0.3 is 5.32 Å². The summed E-state index contributed by atoms with van der Waals surface area (Å²) >= 11 is 7.88. The molecule has 1 fully saturated rings. The lowest BCUT2D eigenvalue weighted by Gasteiger charge is -2.28. The molecular weight excluding hydrogens is 414 g/mol. The Morgan fingerprint density at radius 2 is 1.80 bits per heavy atom. The third-order valence-corrected chi connectivity index (χ3v) is 7.60. The van der Waals surface area contributed by atoms with E-state index in [0.29, 0.717) is 11.8 Å². The van der Waals surface area contributed by atoms with E-state index in [4.69, 9.17) is 16.0 Å². The zero-order valence-corrected chi connectivity index (χ0v) is 18.1. The van der Waals surface area contributed by atoms with Crippen molar-refractivity contribution in [3.8, 4) is 5.69 Å². The van der Waals surface area contributed by atoms with Gasteiger partial charge in [-0.2, -0.15) is 4.37 Å². The molecule has 0 unspecified atom stereocenters. The second-order valence-electron chi connectivity index (χ2n) is 8.30. The monoisotopic (exact) mass is 435 g/mol. The third kappa shape index (κ3) is 3.06. The minimum Gasteiger partial charge on any atom is -0.306 e. The lowest BCUT2D eigenvalue weighted by Crippen LogP contribution is -2.17. The molecule has 5 nitrogen and oxygen atoms in total. The van der Waals surface area contributed by atoms with Crippen molar-refractivity contribution >= 4 is 33.2 Å². The molecule has 6 rings (SSSR count). The molecule has 1 aliphatic carbocycles. The molecule has 2 aliphatic rings. The summed E-state index contributed by atoms with van der Waals surface area (Å²) in [4.78, 5) is 0. The van der Waals surface area contributed by atoms with Gasteiger partial charge in [0.2, 0.25) is 0 Å². The second kappa shape index (κ2) is 7.45. The number of benzene rings is 2. The number of halogens is 1. The first-order valence-electron chi connectivity index (χ1n) is 10.6. The van der Waals surface area contributed by atoms with Crippen LogP contribution in [0.25, 0.3) is 15.8 Å². The standard InChI is InChI=1S/C23H22ClN5S/c24-17-9-10-19-16(11-17)12-25-13-21-26-27-23(29(19)21)15-7-5-14(6-8-15)22-18-3-1-2-4-20(18)30-28-22/h1-4,9-11,14-15,25H,5-8,12-13H2. The molecule has 30 heavy (non-hydrogen) atoms. The van der Waals surface area contributed by atoms with Crippen LogP contribution in [0.5, 0.6) is 0 Å². The fraction of sp³-hybridized carbons (Fsp3) is 0.348. The number of fused-ring (bicyclic) bond motifs is 4. The average Bonchev–Trinajstić information content (AvgIpc) is 3.34. The van der Waals surface area contributed by atoms with E-state index in [2.05, 4.69) is 50.4 Å². The highest BCUT2D eigenvalue weighted by Crippen LogP contribution is 2.43. The first-order valence-corrected chi connectivity index (χ1v) is 11.7. The van der Waals surface area contributed by atoms with Gasteiger partial charge in [-0.25, -0.2) is 0 Å². The van der Waals surface area contributed by atoms with E-state index in [1.165, 1.54) is 21.3 Å². The molecule has 1 N–H and O–H groups in total. The Morgan fingerprint density at radius 1 is 0.967 bits per heavy atom. The van der Waals surface area contributed by atoms with Gasteiger partial charge >= 0.3 is 0 Å². The van der Waals surface area contributed by atoms with Crippen LogP contribution >= 0.6 is 23.1 Å². The van der Waals surface area contributed by atoms with E-state index in [9.17, 15) is 0 Å². The summed E-state index contributed by atoms with van der Waals surface area (Å²) < 4.78 is 8.38. The fourth-order valence-corrected chi connectivity index (χ4v) is 6.07. The number of rotatable bonds is 2. The molecule has 2 aromatic heterocycles. The zero-order chi connectivity index (χ0) is 20.1. The molecule has 1 aliphatic heterocycles. The minimum absolute atomic E-state index is 0.425. The van der Waals surface area contributed by atoms with E-state index in [1.807, 2.05) is 12.1 Å². The predicted octanol–water partition coefficient (Wildman–Crippen LogP) is 5.58. The summed E-state index contributed by atoms with van der Waals surface area (Å²) in [5.74, 6) is 3.04. The molecular formula is C23H22ClN5S. The number of aromatic nitrogens is 4. The Bertz CT molecular complexity index is 1220. The van der Waals surface area contributed by atoms with Gasteiger partial charge in [0.1, 0.15) is 5.82 Å². The lowest BCUT2D eigenvalue weighted by molar-refractivity contribution is 0.380. The summed E-state index contributed by atoms with van der Waals surface area (Å²) in [5.41, 5.74) is 3.65. The maximum absolute atomic E-state index is 6.25. The van der Waals surface area contributed by atoms with Crippen LogP contribution in [0.1, 0.15) is 60.4 Å². The molecule has 3 heterocycles. The maximum Gasteiger partial charge on any atom is 0.151 e. The smallest absolute Gasteiger partial charge is 0.151 e. The van der Waals surface area contributed by atoms with E-state index in [-0.39, 0.29) is 0 Å². The van der Waals surface area contributed by atoms with Gasteiger partial charge in [-0.05, 0) is 67.0 Å². The van der Waals surface area contributed by atoms with Crippen LogP contribution in [0.2, 0.25) is 5.02 Å². The number of nitrogens with one attached hydrogen (secondary N) is 1. The molecule has 0 saturated heterocycles. The van der Waals surface area contributed by atoms with Crippen LogP contribution < -0.4 is 5.32 Å². The summed E-state index contributed by atoms with van der Waals surface area (Å²) in [5, 5.41) is 14.7. The van der Waals surface area contributed by atoms with Crippen LogP contribution in [0.3, 0.4) is 0 Å². The fourth-order valence-electron chi connectivity index (χ4n) is 5.02. The number of nitrogens with zero attached hydrogens (tertiary/aromatic N) is 4. The molecule has 0 radical (unpaired) electrons. The van der Waals surface area contributed by atoms with Crippen LogP contribution in [-0.2, 0) is 13.1 Å². The lowest BCUT2D eigenvalue weighted by atomic mass is 9.79. The zero-order valence-electron chi connectivity index (χ0n) is 16.5. The van der Waals surface area contributed by atoms with Gasteiger partial charge in [0, 0.05) is 28.8 Å². The summed E-state index contributed by atoms with van der Waals surface area (Å²) in [7, 11) is 0. The van der Waals surface area contributed by atoms with E-state index in [1.54, 1.807) is 11.5 Å². The normalized spacial score (nSPS) is 21.2. The van der Waals surface area contributed by atoms with Crippen LogP contribution in [0, 0.1) is 0 Å². The van der Waals surface area contributed by atoms with Crippen LogP contribution in [-0.4, -0.2) is 19.1 Å². The minimum atomic E-state index is 0.425. The average molecular weight is 436 g/mol. The first kappa shape index (κ1) is 18.5. The Labute approximate surface area is 184 Å². The Morgan fingerprint density at radius 3 is 2.70 bits per heavy atom. The van der Waals surface area contributed by atoms with Gasteiger partial charge in [-0.1, -0.05) is 29.8 Å². The van der Waals surface area contributed by atoms with Gasteiger partial charge in [-0.3, -0.25) is 4.57 Å².